The standard InChI is InChI=1S/C18H15ClN2/c1-20-14-11-17(13-7-3-2-4-8-13)21-18(12-14)15-9-5-6-10-16(15)19/h2-12H,1H3,(H,20,21). The Labute approximate surface area is 129 Å². The Morgan fingerprint density at radius 3 is 2.24 bits per heavy atom. The van der Waals surface area contributed by atoms with Gasteiger partial charge in [-0.3, -0.25) is 0 Å². The Kier molecular flexibility index (Phi) is 3.89. The van der Waals surface area contributed by atoms with Gasteiger partial charge in [-0.15, -0.1) is 0 Å². The van der Waals surface area contributed by atoms with Crippen LogP contribution in [-0.4, -0.2) is 12.0 Å². The molecule has 0 amide bonds. The van der Waals surface area contributed by atoms with Crippen molar-refractivity contribution in [3.05, 3.63) is 71.8 Å². The van der Waals surface area contributed by atoms with E-state index in [1.54, 1.807) is 0 Å². The molecule has 21 heavy (non-hydrogen) atoms. The third-order valence-corrected chi connectivity index (χ3v) is 3.66. The smallest absolute Gasteiger partial charge is 0.0745 e. The number of pyridine rings is 1. The van der Waals surface area contributed by atoms with Gasteiger partial charge in [0.2, 0.25) is 0 Å². The molecule has 0 atom stereocenters. The van der Waals surface area contributed by atoms with Gasteiger partial charge in [-0.05, 0) is 18.2 Å². The number of benzene rings is 2. The van der Waals surface area contributed by atoms with Gasteiger partial charge in [-0.2, -0.15) is 0 Å². The highest BCUT2D eigenvalue weighted by atomic mass is 35.5. The number of halogens is 1. The molecular weight excluding hydrogens is 280 g/mol. The maximum atomic E-state index is 6.29. The lowest BCUT2D eigenvalue weighted by Crippen LogP contribution is -1.94. The van der Waals surface area contributed by atoms with Gasteiger partial charge in [-0.25, -0.2) is 4.98 Å². The predicted molar refractivity (Wildman–Crippen MR) is 89.7 cm³/mol. The molecule has 1 N–H and O–H groups in total. The summed E-state index contributed by atoms with van der Waals surface area (Å²) in [6.45, 7) is 0. The van der Waals surface area contributed by atoms with Crippen LogP contribution in [0.5, 0.6) is 0 Å². The summed E-state index contributed by atoms with van der Waals surface area (Å²) in [6, 6.07) is 21.9. The lowest BCUT2D eigenvalue weighted by atomic mass is 10.1. The summed E-state index contributed by atoms with van der Waals surface area (Å²) >= 11 is 6.29. The quantitative estimate of drug-likeness (QED) is 0.726. The van der Waals surface area contributed by atoms with E-state index in [-0.39, 0.29) is 0 Å². The fraction of sp³-hybridized carbons (Fsp3) is 0.0556. The van der Waals surface area contributed by atoms with E-state index in [2.05, 4.69) is 17.4 Å². The second-order valence-electron chi connectivity index (χ2n) is 4.72. The van der Waals surface area contributed by atoms with Crippen molar-refractivity contribution in [3.63, 3.8) is 0 Å². The van der Waals surface area contributed by atoms with Crippen LogP contribution in [0.4, 0.5) is 5.69 Å². The summed E-state index contributed by atoms with van der Waals surface area (Å²) < 4.78 is 0. The number of hydrogen-bond donors (Lipinski definition) is 1. The Bertz CT molecular complexity index is 754. The number of anilines is 1. The third kappa shape index (κ3) is 2.91. The van der Waals surface area contributed by atoms with Gasteiger partial charge in [-0.1, -0.05) is 60.1 Å². The first-order valence-corrected chi connectivity index (χ1v) is 7.16. The molecule has 0 saturated carbocycles. The maximum Gasteiger partial charge on any atom is 0.0745 e. The fourth-order valence-corrected chi connectivity index (χ4v) is 2.47. The van der Waals surface area contributed by atoms with Gasteiger partial charge >= 0.3 is 0 Å². The lowest BCUT2D eigenvalue weighted by molar-refractivity contribution is 1.31. The summed E-state index contributed by atoms with van der Waals surface area (Å²) in [5.41, 5.74) is 4.83. The molecule has 3 heteroatoms. The molecular formula is C18H15ClN2. The van der Waals surface area contributed by atoms with Gasteiger partial charge in [0.25, 0.3) is 0 Å². The predicted octanol–water partition coefficient (Wildman–Crippen LogP) is 5.11. The van der Waals surface area contributed by atoms with Crippen LogP contribution in [0.3, 0.4) is 0 Å². The van der Waals surface area contributed by atoms with Gasteiger partial charge in [0.05, 0.1) is 11.4 Å². The van der Waals surface area contributed by atoms with E-state index in [0.717, 1.165) is 28.2 Å². The molecule has 0 unspecified atom stereocenters. The molecule has 0 spiro atoms. The zero-order valence-corrected chi connectivity index (χ0v) is 12.4. The minimum Gasteiger partial charge on any atom is -0.388 e. The molecule has 3 aromatic rings. The lowest BCUT2D eigenvalue weighted by Gasteiger charge is -2.10. The van der Waals surface area contributed by atoms with Gasteiger partial charge in [0.1, 0.15) is 0 Å². The molecule has 0 bridgehead atoms. The minimum absolute atomic E-state index is 0.706. The van der Waals surface area contributed by atoms with Crippen molar-refractivity contribution in [2.24, 2.45) is 0 Å². The Morgan fingerprint density at radius 2 is 1.52 bits per heavy atom. The fourth-order valence-electron chi connectivity index (χ4n) is 2.24. The highest BCUT2D eigenvalue weighted by Crippen LogP contribution is 2.30. The molecule has 2 nitrogen and oxygen atoms in total. The van der Waals surface area contributed by atoms with Crippen LogP contribution in [0, 0.1) is 0 Å². The molecule has 3 rings (SSSR count). The maximum absolute atomic E-state index is 6.29. The summed E-state index contributed by atoms with van der Waals surface area (Å²) in [5, 5.41) is 3.89. The Morgan fingerprint density at radius 1 is 0.857 bits per heavy atom. The van der Waals surface area contributed by atoms with E-state index in [0.29, 0.717) is 5.02 Å². The number of nitrogens with one attached hydrogen (secondary N) is 1. The van der Waals surface area contributed by atoms with E-state index in [1.807, 2.05) is 61.6 Å². The molecule has 1 aromatic heterocycles. The van der Waals surface area contributed by atoms with Crippen molar-refractivity contribution in [2.45, 2.75) is 0 Å². The molecule has 104 valence electrons. The van der Waals surface area contributed by atoms with Gasteiger partial charge in [0.15, 0.2) is 0 Å². The van der Waals surface area contributed by atoms with Crippen molar-refractivity contribution in [2.75, 3.05) is 12.4 Å². The second-order valence-corrected chi connectivity index (χ2v) is 5.13. The minimum atomic E-state index is 0.706. The van der Waals surface area contributed by atoms with Gasteiger partial charge in [0, 0.05) is 28.9 Å². The molecule has 1 heterocycles. The summed E-state index contributed by atoms with van der Waals surface area (Å²) in [7, 11) is 1.90. The number of aromatic nitrogens is 1. The highest BCUT2D eigenvalue weighted by molar-refractivity contribution is 6.33. The Balaban J connectivity index is 2.17. The van der Waals surface area contributed by atoms with Crippen molar-refractivity contribution in [1.29, 1.82) is 0 Å². The molecule has 0 aliphatic rings. The first-order valence-electron chi connectivity index (χ1n) is 6.78. The third-order valence-electron chi connectivity index (χ3n) is 3.33. The second kappa shape index (κ2) is 5.98. The van der Waals surface area contributed by atoms with Crippen molar-refractivity contribution >= 4 is 17.3 Å². The van der Waals surface area contributed by atoms with Crippen LogP contribution < -0.4 is 5.32 Å². The van der Waals surface area contributed by atoms with Crippen molar-refractivity contribution in [3.8, 4) is 22.5 Å². The van der Waals surface area contributed by atoms with E-state index < -0.39 is 0 Å². The first-order chi connectivity index (χ1) is 10.3. The van der Waals surface area contributed by atoms with E-state index in [9.17, 15) is 0 Å². The zero-order valence-electron chi connectivity index (χ0n) is 11.7. The number of nitrogens with zero attached hydrogens (tertiary/aromatic N) is 1. The highest BCUT2D eigenvalue weighted by Gasteiger charge is 2.08. The SMILES string of the molecule is CNc1cc(-c2ccccc2)nc(-c2ccccc2Cl)c1. The Hall–Kier alpha value is -2.32. The van der Waals surface area contributed by atoms with Crippen molar-refractivity contribution in [1.82, 2.24) is 4.98 Å². The summed E-state index contributed by atoms with van der Waals surface area (Å²) in [4.78, 5) is 4.76. The molecule has 0 aliphatic heterocycles. The van der Waals surface area contributed by atoms with Crippen LogP contribution in [0.15, 0.2) is 66.7 Å². The first kappa shape index (κ1) is 13.7. The van der Waals surface area contributed by atoms with E-state index >= 15 is 0 Å². The summed E-state index contributed by atoms with van der Waals surface area (Å²) in [5.74, 6) is 0. The van der Waals surface area contributed by atoms with Crippen LogP contribution in [-0.2, 0) is 0 Å². The van der Waals surface area contributed by atoms with Crippen molar-refractivity contribution < 1.29 is 0 Å². The van der Waals surface area contributed by atoms with Crippen LogP contribution in [0.2, 0.25) is 5.02 Å². The molecule has 2 aromatic carbocycles. The monoisotopic (exact) mass is 294 g/mol. The molecule has 0 radical (unpaired) electrons. The average molecular weight is 295 g/mol. The van der Waals surface area contributed by atoms with Crippen LogP contribution in [0.25, 0.3) is 22.5 Å². The zero-order chi connectivity index (χ0) is 14.7. The average Bonchev–Trinajstić information content (AvgIpc) is 2.55. The van der Waals surface area contributed by atoms with Crippen LogP contribution in [0.1, 0.15) is 0 Å². The van der Waals surface area contributed by atoms with E-state index in [1.165, 1.54) is 0 Å². The molecule has 0 saturated heterocycles. The largest absolute Gasteiger partial charge is 0.388 e. The topological polar surface area (TPSA) is 24.9 Å². The number of hydrogen-bond acceptors (Lipinski definition) is 2. The van der Waals surface area contributed by atoms with E-state index in [4.69, 9.17) is 16.6 Å². The number of rotatable bonds is 3. The molecule has 0 aliphatic carbocycles. The summed E-state index contributed by atoms with van der Waals surface area (Å²) in [6.07, 6.45) is 0. The van der Waals surface area contributed by atoms with Gasteiger partial charge < -0.3 is 5.32 Å². The molecule has 0 fully saturated rings. The van der Waals surface area contributed by atoms with Crippen LogP contribution >= 0.6 is 11.6 Å². The normalized spacial score (nSPS) is 10.4.